The highest BCUT2D eigenvalue weighted by molar-refractivity contribution is 6.36. The van der Waals surface area contributed by atoms with Crippen molar-refractivity contribution >= 4 is 46.4 Å². The van der Waals surface area contributed by atoms with E-state index in [-0.39, 0.29) is 17.0 Å². The van der Waals surface area contributed by atoms with E-state index in [9.17, 15) is 18.0 Å². The predicted molar refractivity (Wildman–Crippen MR) is 136 cm³/mol. The number of fused-ring (bicyclic) bond motifs is 1. The fraction of sp³-hybridized carbons (Fsp3) is 0.240. The molecule has 192 valence electrons. The second kappa shape index (κ2) is 10.1. The molecule has 0 N–H and O–H groups in total. The number of hydrogen-bond donors (Lipinski definition) is 0. The lowest BCUT2D eigenvalue weighted by atomic mass is 10.1. The number of benzene rings is 2. The van der Waals surface area contributed by atoms with Crippen LogP contribution in [0.1, 0.15) is 21.7 Å². The monoisotopic (exact) mass is 567 g/mol. The van der Waals surface area contributed by atoms with Gasteiger partial charge in [0.1, 0.15) is 0 Å². The van der Waals surface area contributed by atoms with Gasteiger partial charge in [-0.25, -0.2) is 9.50 Å². The van der Waals surface area contributed by atoms with Crippen LogP contribution in [0.2, 0.25) is 15.1 Å². The van der Waals surface area contributed by atoms with Crippen LogP contribution in [-0.2, 0) is 12.7 Å². The highest BCUT2D eigenvalue weighted by Crippen LogP contribution is 2.33. The highest BCUT2D eigenvalue weighted by Gasteiger charge is 2.36. The van der Waals surface area contributed by atoms with Crippen molar-refractivity contribution in [3.05, 3.63) is 86.6 Å². The molecule has 0 radical (unpaired) electrons. The maximum atomic E-state index is 13.9. The average Bonchev–Trinajstić information content (AvgIpc) is 3.30. The molecule has 6 nitrogen and oxygen atoms in total. The number of aromatic nitrogens is 3. The van der Waals surface area contributed by atoms with Crippen LogP contribution in [-0.4, -0.2) is 56.5 Å². The molecular weight excluding hydrogens is 550 g/mol. The first-order valence-electron chi connectivity index (χ1n) is 11.3. The Morgan fingerprint density at radius 3 is 2.19 bits per heavy atom. The normalized spacial score (nSPS) is 14.9. The van der Waals surface area contributed by atoms with Crippen LogP contribution in [0.25, 0.3) is 16.9 Å². The summed E-state index contributed by atoms with van der Waals surface area (Å²) in [4.78, 5) is 21.2. The molecule has 0 atom stereocenters. The number of carbonyl (C=O) groups is 1. The van der Waals surface area contributed by atoms with Crippen molar-refractivity contribution in [3.63, 3.8) is 0 Å². The number of piperazine rings is 1. The molecule has 1 aliphatic heterocycles. The maximum Gasteiger partial charge on any atom is 0.433 e. The zero-order valence-electron chi connectivity index (χ0n) is 19.1. The van der Waals surface area contributed by atoms with Crippen molar-refractivity contribution in [2.75, 3.05) is 26.2 Å². The molecule has 0 aliphatic carbocycles. The fourth-order valence-electron chi connectivity index (χ4n) is 4.23. The Kier molecular flexibility index (Phi) is 7.06. The Labute approximate surface area is 225 Å². The summed E-state index contributed by atoms with van der Waals surface area (Å²) in [5.74, 6) is -0.456. The fourth-order valence-corrected chi connectivity index (χ4v) is 4.87. The van der Waals surface area contributed by atoms with Gasteiger partial charge in [0.05, 0.1) is 5.69 Å². The smallest absolute Gasteiger partial charge is 0.335 e. The molecular formula is C25H19Cl3F3N5O. The number of amides is 1. The van der Waals surface area contributed by atoms with Gasteiger partial charge in [-0.15, -0.1) is 0 Å². The topological polar surface area (TPSA) is 53.7 Å². The Morgan fingerprint density at radius 2 is 1.57 bits per heavy atom. The zero-order valence-corrected chi connectivity index (χ0v) is 21.4. The average molecular weight is 569 g/mol. The van der Waals surface area contributed by atoms with Gasteiger partial charge in [0.2, 0.25) is 0 Å². The molecule has 1 aliphatic rings. The quantitative estimate of drug-likeness (QED) is 0.289. The van der Waals surface area contributed by atoms with Crippen LogP contribution in [0.3, 0.4) is 0 Å². The molecule has 2 aromatic carbocycles. The zero-order chi connectivity index (χ0) is 26.3. The Morgan fingerprint density at radius 1 is 0.919 bits per heavy atom. The van der Waals surface area contributed by atoms with E-state index in [4.69, 9.17) is 34.8 Å². The molecule has 1 amide bonds. The van der Waals surface area contributed by atoms with Gasteiger partial charge in [-0.2, -0.15) is 18.3 Å². The largest absolute Gasteiger partial charge is 0.433 e. The van der Waals surface area contributed by atoms with Gasteiger partial charge >= 0.3 is 6.18 Å². The summed E-state index contributed by atoms with van der Waals surface area (Å²) in [6.07, 6.45) is -4.71. The molecule has 1 saturated heterocycles. The van der Waals surface area contributed by atoms with Gasteiger partial charge in [-0.05, 0) is 30.3 Å². The minimum absolute atomic E-state index is 0.0740. The highest BCUT2D eigenvalue weighted by atomic mass is 35.5. The molecule has 12 heteroatoms. The summed E-state index contributed by atoms with van der Waals surface area (Å²) in [5, 5.41) is 5.58. The van der Waals surface area contributed by atoms with Crippen LogP contribution in [0, 0.1) is 0 Å². The molecule has 0 saturated carbocycles. The van der Waals surface area contributed by atoms with Crippen molar-refractivity contribution in [3.8, 4) is 11.3 Å². The number of hydrogen-bond acceptors (Lipinski definition) is 4. The van der Waals surface area contributed by atoms with Gasteiger partial charge in [-0.1, -0.05) is 53.0 Å². The first kappa shape index (κ1) is 25.8. The first-order valence-corrected chi connectivity index (χ1v) is 12.4. The van der Waals surface area contributed by atoms with Crippen molar-refractivity contribution in [2.24, 2.45) is 0 Å². The summed E-state index contributed by atoms with van der Waals surface area (Å²) >= 11 is 18.4. The molecule has 1 fully saturated rings. The standard InChI is InChI=1S/C25H19Cl3F3N5O/c26-16-6-4-15(5-7-16)20-12-22(25(29,30)31)36-23(32-20)13-21(33-36)24(37)35-10-8-34(9-11-35)14-17-18(27)2-1-3-19(17)28/h1-7,12-13H,8-11,14H2. The van der Waals surface area contributed by atoms with Crippen LogP contribution in [0.4, 0.5) is 13.2 Å². The van der Waals surface area contributed by atoms with E-state index in [2.05, 4.69) is 15.0 Å². The number of rotatable bonds is 4. The molecule has 0 bridgehead atoms. The van der Waals surface area contributed by atoms with Gasteiger partial charge in [0, 0.05) is 65.0 Å². The molecule has 4 aromatic rings. The molecule has 5 rings (SSSR count). The van der Waals surface area contributed by atoms with Crippen LogP contribution in [0.15, 0.2) is 54.6 Å². The molecule has 0 unspecified atom stereocenters. The third-order valence-electron chi connectivity index (χ3n) is 6.18. The van der Waals surface area contributed by atoms with Crippen LogP contribution < -0.4 is 0 Å². The third kappa shape index (κ3) is 5.40. The second-order valence-electron chi connectivity index (χ2n) is 8.60. The summed E-state index contributed by atoms with van der Waals surface area (Å²) in [6, 6.07) is 13.8. The Hall–Kier alpha value is -2.85. The van der Waals surface area contributed by atoms with Crippen molar-refractivity contribution in [1.29, 1.82) is 0 Å². The van der Waals surface area contributed by atoms with E-state index in [1.165, 1.54) is 6.07 Å². The lowest BCUT2D eigenvalue weighted by molar-refractivity contribution is -0.142. The van der Waals surface area contributed by atoms with E-state index in [1.54, 1.807) is 47.4 Å². The predicted octanol–water partition coefficient (Wildman–Crippen LogP) is 6.33. The summed E-state index contributed by atoms with van der Waals surface area (Å²) in [7, 11) is 0. The van der Waals surface area contributed by atoms with Gasteiger partial charge < -0.3 is 4.90 Å². The molecule has 0 spiro atoms. The van der Waals surface area contributed by atoms with E-state index < -0.39 is 17.8 Å². The maximum absolute atomic E-state index is 13.9. The summed E-state index contributed by atoms with van der Waals surface area (Å²) < 4.78 is 42.3. The Bertz CT molecular complexity index is 1440. The van der Waals surface area contributed by atoms with E-state index in [1.807, 2.05) is 0 Å². The van der Waals surface area contributed by atoms with Crippen molar-refractivity contribution in [1.82, 2.24) is 24.4 Å². The Balaban J connectivity index is 1.37. The summed E-state index contributed by atoms with van der Waals surface area (Å²) in [5.41, 5.74) is 0.170. The summed E-state index contributed by atoms with van der Waals surface area (Å²) in [6.45, 7) is 2.39. The van der Waals surface area contributed by atoms with Crippen molar-refractivity contribution < 1.29 is 18.0 Å². The first-order chi connectivity index (χ1) is 17.6. The van der Waals surface area contributed by atoms with E-state index in [0.29, 0.717) is 57.9 Å². The van der Waals surface area contributed by atoms with E-state index in [0.717, 1.165) is 11.6 Å². The van der Waals surface area contributed by atoms with Gasteiger partial charge in [-0.3, -0.25) is 9.69 Å². The number of halogens is 6. The van der Waals surface area contributed by atoms with Gasteiger partial charge in [0.25, 0.3) is 5.91 Å². The van der Waals surface area contributed by atoms with Gasteiger partial charge in [0.15, 0.2) is 17.0 Å². The SMILES string of the molecule is O=C(c1cc2nc(-c3ccc(Cl)cc3)cc(C(F)(F)F)n2n1)N1CCN(Cc2c(Cl)cccc2Cl)CC1. The number of alkyl halides is 3. The van der Waals surface area contributed by atoms with Crippen LogP contribution >= 0.6 is 34.8 Å². The molecule has 2 aromatic heterocycles. The molecule has 3 heterocycles. The van der Waals surface area contributed by atoms with Crippen molar-refractivity contribution in [2.45, 2.75) is 12.7 Å². The minimum atomic E-state index is -4.71. The second-order valence-corrected chi connectivity index (χ2v) is 9.85. The molecule has 37 heavy (non-hydrogen) atoms. The minimum Gasteiger partial charge on any atom is -0.335 e. The third-order valence-corrected chi connectivity index (χ3v) is 7.14. The van der Waals surface area contributed by atoms with Crippen LogP contribution in [0.5, 0.6) is 0 Å². The lowest BCUT2D eigenvalue weighted by Crippen LogP contribution is -2.48. The number of carbonyl (C=O) groups excluding carboxylic acids is 1. The number of nitrogens with zero attached hydrogens (tertiary/aromatic N) is 5. The van der Waals surface area contributed by atoms with E-state index >= 15 is 0 Å². The lowest BCUT2D eigenvalue weighted by Gasteiger charge is -2.34.